The molecule has 0 aliphatic heterocycles. The average molecular weight is 183 g/mol. The van der Waals surface area contributed by atoms with Gasteiger partial charge in [0.2, 0.25) is 0 Å². The fourth-order valence-corrected chi connectivity index (χ4v) is 1.28. The number of imidazole rings is 1. The second-order valence-electron chi connectivity index (χ2n) is 2.80. The fourth-order valence-electron chi connectivity index (χ4n) is 1.28. The van der Waals surface area contributed by atoms with Gasteiger partial charge in [-0.15, -0.1) is 12.4 Å². The molecule has 3 heteroatoms. The minimum atomic E-state index is 0. The van der Waals surface area contributed by atoms with Gasteiger partial charge in [-0.1, -0.05) is 6.07 Å². The molecule has 12 heavy (non-hydrogen) atoms. The summed E-state index contributed by atoms with van der Waals surface area (Å²) in [4.78, 5) is 4.38. The number of aromatic nitrogens is 2. The molecule has 0 bridgehead atoms. The first-order valence-corrected chi connectivity index (χ1v) is 3.68. The van der Waals surface area contributed by atoms with Crippen LogP contribution in [0.3, 0.4) is 0 Å². The number of fused-ring (bicyclic) bond motifs is 1. The van der Waals surface area contributed by atoms with Crippen LogP contribution in [0.4, 0.5) is 0 Å². The molecule has 0 spiro atoms. The van der Waals surface area contributed by atoms with Gasteiger partial charge in [0.05, 0.1) is 5.69 Å². The maximum absolute atomic E-state index is 4.38. The Morgan fingerprint density at radius 2 is 2.08 bits per heavy atom. The van der Waals surface area contributed by atoms with Crippen molar-refractivity contribution in [2.24, 2.45) is 0 Å². The Bertz CT molecular complexity index is 392. The van der Waals surface area contributed by atoms with Crippen LogP contribution >= 0.6 is 12.4 Å². The molecule has 2 aromatic heterocycles. The van der Waals surface area contributed by atoms with Crippen LogP contribution in [0, 0.1) is 13.8 Å². The molecule has 0 N–H and O–H groups in total. The van der Waals surface area contributed by atoms with Crippen LogP contribution in [0.1, 0.15) is 11.3 Å². The highest BCUT2D eigenvalue weighted by Gasteiger charge is 1.97. The van der Waals surface area contributed by atoms with Crippen LogP contribution in [0.5, 0.6) is 0 Å². The fraction of sp³-hybridized carbons (Fsp3) is 0.222. The largest absolute Gasteiger partial charge is 0.307 e. The summed E-state index contributed by atoms with van der Waals surface area (Å²) >= 11 is 0. The van der Waals surface area contributed by atoms with E-state index in [1.807, 2.05) is 29.8 Å². The summed E-state index contributed by atoms with van der Waals surface area (Å²) in [6.45, 7) is 4.08. The lowest BCUT2D eigenvalue weighted by Crippen LogP contribution is -1.83. The van der Waals surface area contributed by atoms with Crippen molar-refractivity contribution >= 4 is 18.1 Å². The molecule has 0 saturated heterocycles. The summed E-state index contributed by atoms with van der Waals surface area (Å²) in [5.41, 5.74) is 3.35. The second kappa shape index (κ2) is 3.15. The van der Waals surface area contributed by atoms with E-state index < -0.39 is 0 Å². The number of aryl methyl sites for hydroxylation is 2. The van der Waals surface area contributed by atoms with Crippen LogP contribution in [0.15, 0.2) is 24.5 Å². The molecule has 64 valence electrons. The minimum Gasteiger partial charge on any atom is -0.307 e. The van der Waals surface area contributed by atoms with E-state index in [0.717, 1.165) is 11.3 Å². The Morgan fingerprint density at radius 3 is 2.75 bits per heavy atom. The predicted molar refractivity (Wildman–Crippen MR) is 51.9 cm³/mol. The quantitative estimate of drug-likeness (QED) is 0.612. The monoisotopic (exact) mass is 182 g/mol. The summed E-state index contributed by atoms with van der Waals surface area (Å²) < 4.78 is 2.05. The maximum Gasteiger partial charge on any atom is 0.139 e. The third-order valence-electron chi connectivity index (χ3n) is 1.80. The van der Waals surface area contributed by atoms with Gasteiger partial charge < -0.3 is 4.40 Å². The molecule has 2 rings (SSSR count). The standard InChI is InChI=1S/C9H10N2.ClH/c1-7-4-3-5-11-6-8(2)10-9(7)11;/h3-6H,1-2H3;1H. The van der Waals surface area contributed by atoms with E-state index in [0.29, 0.717) is 0 Å². The lowest BCUT2D eigenvalue weighted by Gasteiger charge is -1.93. The molecule has 0 radical (unpaired) electrons. The molecule has 0 unspecified atom stereocenters. The maximum atomic E-state index is 4.38. The normalized spacial score (nSPS) is 9.83. The van der Waals surface area contributed by atoms with E-state index in [1.54, 1.807) is 0 Å². The number of hydrogen-bond acceptors (Lipinski definition) is 1. The third-order valence-corrected chi connectivity index (χ3v) is 1.80. The van der Waals surface area contributed by atoms with Crippen molar-refractivity contribution in [1.29, 1.82) is 0 Å². The van der Waals surface area contributed by atoms with Crippen molar-refractivity contribution in [3.63, 3.8) is 0 Å². The zero-order valence-corrected chi connectivity index (χ0v) is 7.93. The molecule has 0 aliphatic rings. The highest BCUT2D eigenvalue weighted by Crippen LogP contribution is 2.08. The number of nitrogens with zero attached hydrogens (tertiary/aromatic N) is 2. The number of pyridine rings is 1. The zero-order chi connectivity index (χ0) is 7.84. The van der Waals surface area contributed by atoms with Crippen molar-refractivity contribution < 1.29 is 0 Å². The van der Waals surface area contributed by atoms with E-state index in [2.05, 4.69) is 18.0 Å². The lowest BCUT2D eigenvalue weighted by molar-refractivity contribution is 1.16. The Labute approximate surface area is 77.7 Å². The Morgan fingerprint density at radius 1 is 1.33 bits per heavy atom. The SMILES string of the molecule is Cc1cn2cccc(C)c2n1.Cl. The predicted octanol–water partition coefficient (Wildman–Crippen LogP) is 2.37. The molecule has 2 nitrogen and oxygen atoms in total. The topological polar surface area (TPSA) is 17.3 Å². The van der Waals surface area contributed by atoms with E-state index in [1.165, 1.54) is 5.56 Å². The summed E-state index contributed by atoms with van der Waals surface area (Å²) in [6, 6.07) is 4.10. The van der Waals surface area contributed by atoms with Gasteiger partial charge in [-0.25, -0.2) is 4.98 Å². The summed E-state index contributed by atoms with van der Waals surface area (Å²) in [5.74, 6) is 0. The van der Waals surface area contributed by atoms with Crippen LogP contribution in [-0.4, -0.2) is 9.38 Å². The van der Waals surface area contributed by atoms with Crippen LogP contribution in [0.25, 0.3) is 5.65 Å². The number of rotatable bonds is 0. The second-order valence-corrected chi connectivity index (χ2v) is 2.80. The molecule has 0 aliphatic carbocycles. The Balaban J connectivity index is 0.000000720. The molecule has 0 atom stereocenters. The van der Waals surface area contributed by atoms with Crippen LogP contribution < -0.4 is 0 Å². The third kappa shape index (κ3) is 1.30. The van der Waals surface area contributed by atoms with E-state index in [4.69, 9.17) is 0 Å². The van der Waals surface area contributed by atoms with Gasteiger partial charge in [-0.3, -0.25) is 0 Å². The molecule has 0 fully saturated rings. The molecule has 0 amide bonds. The van der Waals surface area contributed by atoms with E-state index in [-0.39, 0.29) is 12.4 Å². The number of hydrogen-bond donors (Lipinski definition) is 0. The van der Waals surface area contributed by atoms with Crippen LogP contribution in [0.2, 0.25) is 0 Å². The zero-order valence-electron chi connectivity index (χ0n) is 7.11. The molecular weight excluding hydrogens is 172 g/mol. The Kier molecular flexibility index (Phi) is 2.38. The average Bonchev–Trinajstić information content (AvgIpc) is 2.31. The lowest BCUT2D eigenvalue weighted by atomic mass is 10.3. The van der Waals surface area contributed by atoms with Crippen molar-refractivity contribution in [3.05, 3.63) is 35.8 Å². The highest BCUT2D eigenvalue weighted by atomic mass is 35.5. The van der Waals surface area contributed by atoms with Crippen molar-refractivity contribution in [1.82, 2.24) is 9.38 Å². The highest BCUT2D eigenvalue weighted by molar-refractivity contribution is 5.85. The Hall–Kier alpha value is -1.02. The van der Waals surface area contributed by atoms with Gasteiger partial charge >= 0.3 is 0 Å². The van der Waals surface area contributed by atoms with Gasteiger partial charge in [-0.2, -0.15) is 0 Å². The number of halogens is 1. The smallest absolute Gasteiger partial charge is 0.139 e. The molecule has 2 heterocycles. The molecule has 2 aromatic rings. The van der Waals surface area contributed by atoms with Crippen molar-refractivity contribution in [2.45, 2.75) is 13.8 Å². The van der Waals surface area contributed by atoms with E-state index >= 15 is 0 Å². The molecule has 0 aromatic carbocycles. The van der Waals surface area contributed by atoms with Gasteiger partial charge in [0.15, 0.2) is 0 Å². The van der Waals surface area contributed by atoms with Gasteiger partial charge in [0.1, 0.15) is 5.65 Å². The van der Waals surface area contributed by atoms with Gasteiger partial charge in [0, 0.05) is 12.4 Å². The van der Waals surface area contributed by atoms with Crippen LogP contribution in [-0.2, 0) is 0 Å². The van der Waals surface area contributed by atoms with Crippen molar-refractivity contribution in [2.75, 3.05) is 0 Å². The van der Waals surface area contributed by atoms with E-state index in [9.17, 15) is 0 Å². The molecular formula is C9H11ClN2. The minimum absolute atomic E-state index is 0. The molecule has 0 saturated carbocycles. The summed E-state index contributed by atoms with van der Waals surface area (Å²) in [6.07, 6.45) is 4.05. The first-order valence-electron chi connectivity index (χ1n) is 3.68. The van der Waals surface area contributed by atoms with Gasteiger partial charge in [-0.05, 0) is 25.5 Å². The first kappa shape index (κ1) is 9.07. The summed E-state index contributed by atoms with van der Waals surface area (Å²) in [5, 5.41) is 0. The van der Waals surface area contributed by atoms with Crippen molar-refractivity contribution in [3.8, 4) is 0 Å². The summed E-state index contributed by atoms with van der Waals surface area (Å²) in [7, 11) is 0. The van der Waals surface area contributed by atoms with Gasteiger partial charge in [0.25, 0.3) is 0 Å². The first-order chi connectivity index (χ1) is 5.27.